The molecule has 1 aliphatic rings. The summed E-state index contributed by atoms with van der Waals surface area (Å²) in [6, 6.07) is 6.74. The molecule has 0 unspecified atom stereocenters. The maximum atomic E-state index is 12.6. The summed E-state index contributed by atoms with van der Waals surface area (Å²) in [4.78, 5) is 11.4. The zero-order chi connectivity index (χ0) is 19.4. The summed E-state index contributed by atoms with van der Waals surface area (Å²) >= 11 is 0. The highest BCUT2D eigenvalue weighted by molar-refractivity contribution is 7.89. The van der Waals surface area contributed by atoms with E-state index in [0.29, 0.717) is 11.6 Å². The van der Waals surface area contributed by atoms with Crippen molar-refractivity contribution in [3.8, 4) is 5.75 Å². The van der Waals surface area contributed by atoms with E-state index in [1.807, 2.05) is 19.9 Å². The van der Waals surface area contributed by atoms with Crippen LogP contribution >= 0.6 is 0 Å². The number of hydrogen-bond acceptors (Lipinski definition) is 6. The Bertz CT molecular complexity index is 909. The van der Waals surface area contributed by atoms with Gasteiger partial charge in [-0.2, -0.15) is 0 Å². The van der Waals surface area contributed by atoms with E-state index in [0.717, 1.165) is 43.0 Å². The van der Waals surface area contributed by atoms with Crippen LogP contribution in [0.2, 0.25) is 0 Å². The third-order valence-corrected chi connectivity index (χ3v) is 6.06. The van der Waals surface area contributed by atoms with E-state index in [-0.39, 0.29) is 11.4 Å². The van der Waals surface area contributed by atoms with Crippen molar-refractivity contribution < 1.29 is 13.2 Å². The van der Waals surface area contributed by atoms with Crippen molar-refractivity contribution in [2.75, 3.05) is 25.1 Å². The number of anilines is 1. The molecule has 3 rings (SSSR count). The molecule has 0 aliphatic carbocycles. The minimum Gasteiger partial charge on any atom is -0.496 e. The first-order valence-electron chi connectivity index (χ1n) is 9.13. The lowest BCUT2D eigenvalue weighted by atomic mass is 10.1. The predicted octanol–water partition coefficient (Wildman–Crippen LogP) is 2.57. The number of ether oxygens (including phenoxy) is 1. The standard InChI is InChI=1S/C19H26N4O3S/c1-14-11-16(7-8-17(14)26-3)27(24,25)20-13-18-21-15(2)12-19(22-18)23-9-5-4-6-10-23/h7-8,11-12,20H,4-6,9-10,13H2,1-3H3. The SMILES string of the molecule is COc1ccc(S(=O)(=O)NCc2nc(C)cc(N3CCCCC3)n2)cc1C. The number of aromatic nitrogens is 2. The minimum absolute atomic E-state index is 0.0515. The first kappa shape index (κ1) is 19.6. The second-order valence-corrected chi connectivity index (χ2v) is 8.55. The normalized spacial score (nSPS) is 15.0. The van der Waals surface area contributed by atoms with Crippen molar-refractivity contribution in [2.24, 2.45) is 0 Å². The molecular weight excluding hydrogens is 364 g/mol. The van der Waals surface area contributed by atoms with E-state index in [9.17, 15) is 8.42 Å². The Labute approximate surface area is 160 Å². The Morgan fingerprint density at radius 1 is 1.11 bits per heavy atom. The van der Waals surface area contributed by atoms with Crippen LogP contribution in [-0.2, 0) is 16.6 Å². The van der Waals surface area contributed by atoms with Crippen LogP contribution < -0.4 is 14.4 Å². The van der Waals surface area contributed by atoms with Gasteiger partial charge < -0.3 is 9.64 Å². The highest BCUT2D eigenvalue weighted by Gasteiger charge is 2.18. The van der Waals surface area contributed by atoms with Crippen LogP contribution in [0.4, 0.5) is 5.82 Å². The third-order valence-electron chi connectivity index (χ3n) is 4.66. The van der Waals surface area contributed by atoms with Gasteiger partial charge in [-0.3, -0.25) is 0 Å². The van der Waals surface area contributed by atoms with Gasteiger partial charge in [0.2, 0.25) is 10.0 Å². The van der Waals surface area contributed by atoms with E-state index in [1.54, 1.807) is 19.2 Å². The zero-order valence-corrected chi connectivity index (χ0v) is 16.8. The van der Waals surface area contributed by atoms with E-state index in [1.165, 1.54) is 12.5 Å². The molecule has 146 valence electrons. The molecule has 0 bridgehead atoms. The monoisotopic (exact) mass is 390 g/mol. The quantitative estimate of drug-likeness (QED) is 0.816. The summed E-state index contributed by atoms with van der Waals surface area (Å²) < 4.78 is 33.0. The first-order valence-corrected chi connectivity index (χ1v) is 10.6. The van der Waals surface area contributed by atoms with Crippen molar-refractivity contribution in [1.82, 2.24) is 14.7 Å². The maximum absolute atomic E-state index is 12.6. The Morgan fingerprint density at radius 3 is 2.52 bits per heavy atom. The van der Waals surface area contributed by atoms with Crippen LogP contribution in [0.5, 0.6) is 5.75 Å². The lowest BCUT2D eigenvalue weighted by Gasteiger charge is -2.28. The highest BCUT2D eigenvalue weighted by Crippen LogP contribution is 2.22. The molecule has 8 heteroatoms. The lowest BCUT2D eigenvalue weighted by Crippen LogP contribution is -2.31. The molecule has 0 atom stereocenters. The average Bonchev–Trinajstić information content (AvgIpc) is 2.67. The summed E-state index contributed by atoms with van der Waals surface area (Å²) in [6.45, 7) is 5.72. The molecule has 2 heterocycles. The Balaban J connectivity index is 1.75. The second-order valence-electron chi connectivity index (χ2n) is 6.79. The third kappa shape index (κ3) is 4.75. The van der Waals surface area contributed by atoms with Gasteiger partial charge in [-0.25, -0.2) is 23.1 Å². The minimum atomic E-state index is -3.66. The Morgan fingerprint density at radius 2 is 1.85 bits per heavy atom. The molecule has 27 heavy (non-hydrogen) atoms. The van der Waals surface area contributed by atoms with Gasteiger partial charge in [0, 0.05) is 24.8 Å². The molecule has 1 saturated heterocycles. The molecule has 1 aromatic carbocycles. The second kappa shape index (κ2) is 8.22. The van der Waals surface area contributed by atoms with Crippen LogP contribution in [0.3, 0.4) is 0 Å². The first-order chi connectivity index (χ1) is 12.9. The van der Waals surface area contributed by atoms with Crippen LogP contribution in [0.25, 0.3) is 0 Å². The lowest BCUT2D eigenvalue weighted by molar-refractivity contribution is 0.411. The summed E-state index contributed by atoms with van der Waals surface area (Å²) in [5.74, 6) is 2.00. The van der Waals surface area contributed by atoms with Crippen LogP contribution in [0.15, 0.2) is 29.2 Å². The molecular formula is C19H26N4O3S. The number of aryl methyl sites for hydroxylation is 2. The van der Waals surface area contributed by atoms with E-state index < -0.39 is 10.0 Å². The largest absolute Gasteiger partial charge is 0.496 e. The molecule has 2 aromatic rings. The van der Waals surface area contributed by atoms with Crippen molar-refractivity contribution in [2.45, 2.75) is 44.6 Å². The number of methoxy groups -OCH3 is 1. The summed E-state index contributed by atoms with van der Waals surface area (Å²) in [5, 5.41) is 0. The van der Waals surface area contributed by atoms with Crippen LogP contribution in [-0.4, -0.2) is 38.6 Å². The van der Waals surface area contributed by atoms with Crippen molar-refractivity contribution in [3.05, 3.63) is 41.3 Å². The van der Waals surface area contributed by atoms with Crippen molar-refractivity contribution in [1.29, 1.82) is 0 Å². The summed E-state index contributed by atoms with van der Waals surface area (Å²) in [7, 11) is -2.10. The van der Waals surface area contributed by atoms with E-state index in [2.05, 4.69) is 19.6 Å². The molecule has 1 aliphatic heterocycles. The molecule has 0 spiro atoms. The average molecular weight is 391 g/mol. The topological polar surface area (TPSA) is 84.4 Å². The van der Waals surface area contributed by atoms with Gasteiger partial charge in [0.25, 0.3) is 0 Å². The van der Waals surface area contributed by atoms with Crippen LogP contribution in [0.1, 0.15) is 36.3 Å². The fourth-order valence-corrected chi connectivity index (χ4v) is 4.30. The summed E-state index contributed by atoms with van der Waals surface area (Å²) in [6.07, 6.45) is 3.55. The molecule has 0 saturated carbocycles. The number of nitrogens with one attached hydrogen (secondary N) is 1. The number of benzene rings is 1. The number of nitrogens with zero attached hydrogens (tertiary/aromatic N) is 3. The fourth-order valence-electron chi connectivity index (χ4n) is 3.24. The predicted molar refractivity (Wildman–Crippen MR) is 105 cm³/mol. The smallest absolute Gasteiger partial charge is 0.240 e. The van der Waals surface area contributed by atoms with Gasteiger partial charge in [-0.15, -0.1) is 0 Å². The number of piperidine rings is 1. The van der Waals surface area contributed by atoms with Crippen molar-refractivity contribution in [3.63, 3.8) is 0 Å². The van der Waals surface area contributed by atoms with Gasteiger partial charge in [-0.1, -0.05) is 0 Å². The van der Waals surface area contributed by atoms with E-state index >= 15 is 0 Å². The Hall–Kier alpha value is -2.19. The highest BCUT2D eigenvalue weighted by atomic mass is 32.2. The van der Waals surface area contributed by atoms with Gasteiger partial charge in [-0.05, 0) is 56.9 Å². The van der Waals surface area contributed by atoms with Gasteiger partial charge in [0.1, 0.15) is 17.4 Å². The molecule has 1 N–H and O–H groups in total. The fraction of sp³-hybridized carbons (Fsp3) is 0.474. The number of hydrogen-bond donors (Lipinski definition) is 1. The Kier molecular flexibility index (Phi) is 5.96. The molecule has 1 fully saturated rings. The maximum Gasteiger partial charge on any atom is 0.240 e. The van der Waals surface area contributed by atoms with Gasteiger partial charge in [0.15, 0.2) is 0 Å². The van der Waals surface area contributed by atoms with E-state index in [4.69, 9.17) is 4.74 Å². The van der Waals surface area contributed by atoms with Crippen molar-refractivity contribution >= 4 is 15.8 Å². The van der Waals surface area contributed by atoms with Crippen LogP contribution in [0, 0.1) is 13.8 Å². The zero-order valence-electron chi connectivity index (χ0n) is 16.0. The number of sulfonamides is 1. The molecule has 0 radical (unpaired) electrons. The molecule has 1 aromatic heterocycles. The number of rotatable bonds is 6. The molecule has 0 amide bonds. The molecule has 7 nitrogen and oxygen atoms in total. The van der Waals surface area contributed by atoms with Gasteiger partial charge in [0.05, 0.1) is 18.6 Å². The summed E-state index contributed by atoms with van der Waals surface area (Å²) in [5.41, 5.74) is 1.60. The van der Waals surface area contributed by atoms with Gasteiger partial charge >= 0.3 is 0 Å².